The van der Waals surface area contributed by atoms with Crippen molar-refractivity contribution in [3.8, 4) is 0 Å². The van der Waals surface area contributed by atoms with Crippen LogP contribution in [0.25, 0.3) is 0 Å². The van der Waals surface area contributed by atoms with Crippen LogP contribution >= 0.6 is 0 Å². The van der Waals surface area contributed by atoms with Crippen molar-refractivity contribution in [2.75, 3.05) is 19.6 Å². The molecular formula is C30H38N6O6. The molecule has 0 bridgehead atoms. The van der Waals surface area contributed by atoms with Crippen molar-refractivity contribution < 1.29 is 28.8 Å². The van der Waals surface area contributed by atoms with Crippen molar-refractivity contribution in [3.63, 3.8) is 0 Å². The molecule has 0 radical (unpaired) electrons. The largest absolute Gasteiger partial charge is 0.346 e. The maximum absolute atomic E-state index is 13.4. The van der Waals surface area contributed by atoms with Crippen molar-refractivity contribution in [3.05, 3.63) is 71.8 Å². The predicted octanol–water partition coefficient (Wildman–Crippen LogP) is -0.665. The Morgan fingerprint density at radius 3 is 1.48 bits per heavy atom. The topological polar surface area (TPSA) is 175 Å². The molecule has 1 saturated heterocycles. The van der Waals surface area contributed by atoms with Gasteiger partial charge in [-0.05, 0) is 23.5 Å². The van der Waals surface area contributed by atoms with Crippen LogP contribution in [0, 0.1) is 5.92 Å². The van der Waals surface area contributed by atoms with E-state index >= 15 is 0 Å². The van der Waals surface area contributed by atoms with Gasteiger partial charge in [-0.15, -0.1) is 0 Å². The zero-order valence-corrected chi connectivity index (χ0v) is 23.8. The summed E-state index contributed by atoms with van der Waals surface area (Å²) in [6.07, 6.45) is 0.565. The lowest BCUT2D eigenvalue weighted by molar-refractivity contribution is -0.134. The fourth-order valence-electron chi connectivity index (χ4n) is 4.41. The zero-order chi connectivity index (χ0) is 30.5. The molecule has 0 spiro atoms. The van der Waals surface area contributed by atoms with E-state index in [2.05, 4.69) is 31.9 Å². The Hall–Kier alpha value is -4.74. The molecule has 6 amide bonds. The van der Waals surface area contributed by atoms with Gasteiger partial charge in [0.2, 0.25) is 35.4 Å². The first kappa shape index (κ1) is 31.8. The monoisotopic (exact) mass is 578 g/mol. The van der Waals surface area contributed by atoms with E-state index in [4.69, 9.17) is 0 Å². The van der Waals surface area contributed by atoms with Gasteiger partial charge in [0.25, 0.3) is 0 Å². The Bertz CT molecular complexity index is 1250. The Morgan fingerprint density at radius 2 is 0.976 bits per heavy atom. The number of carbonyl (C=O) groups is 6. The highest BCUT2D eigenvalue weighted by Gasteiger charge is 2.29. The van der Waals surface area contributed by atoms with E-state index < -0.39 is 73.2 Å². The molecule has 0 unspecified atom stereocenters. The number of hydrogen-bond donors (Lipinski definition) is 6. The first-order chi connectivity index (χ1) is 20.1. The lowest BCUT2D eigenvalue weighted by Gasteiger charge is -2.25. The molecular weight excluding hydrogens is 540 g/mol. The van der Waals surface area contributed by atoms with Crippen LogP contribution in [-0.2, 0) is 41.6 Å². The van der Waals surface area contributed by atoms with Crippen molar-refractivity contribution in [2.45, 2.75) is 51.2 Å². The summed E-state index contributed by atoms with van der Waals surface area (Å²) in [5.74, 6) is -3.61. The van der Waals surface area contributed by atoms with Crippen LogP contribution in [-0.4, -0.2) is 73.2 Å². The third kappa shape index (κ3) is 10.7. The van der Waals surface area contributed by atoms with Gasteiger partial charge in [0, 0.05) is 12.8 Å². The summed E-state index contributed by atoms with van der Waals surface area (Å²) in [5, 5.41) is 15.4. The number of nitrogens with one attached hydrogen (secondary N) is 6. The van der Waals surface area contributed by atoms with Gasteiger partial charge in [-0.25, -0.2) is 0 Å². The molecule has 3 rings (SSSR count). The van der Waals surface area contributed by atoms with Gasteiger partial charge in [-0.3, -0.25) is 28.8 Å². The summed E-state index contributed by atoms with van der Waals surface area (Å²) in [4.78, 5) is 77.3. The minimum absolute atomic E-state index is 0.0176. The maximum Gasteiger partial charge on any atom is 0.243 e. The Labute approximate surface area is 244 Å². The fourth-order valence-corrected chi connectivity index (χ4v) is 4.41. The first-order valence-electron chi connectivity index (χ1n) is 13.9. The average molecular weight is 579 g/mol. The van der Waals surface area contributed by atoms with Crippen molar-refractivity contribution >= 4 is 35.4 Å². The molecule has 2 aromatic rings. The molecule has 0 aromatic heterocycles. The molecule has 3 atom stereocenters. The minimum atomic E-state index is -1.04. The molecule has 0 aliphatic carbocycles. The molecule has 1 aliphatic rings. The van der Waals surface area contributed by atoms with Crippen LogP contribution in [0.5, 0.6) is 0 Å². The van der Waals surface area contributed by atoms with E-state index in [1.54, 1.807) is 48.5 Å². The number of carbonyl (C=O) groups excluding carboxylic acids is 6. The van der Waals surface area contributed by atoms with Gasteiger partial charge in [-0.2, -0.15) is 0 Å². The molecule has 0 saturated carbocycles. The normalized spacial score (nSPS) is 21.5. The Balaban J connectivity index is 1.82. The van der Waals surface area contributed by atoms with Crippen LogP contribution in [0.3, 0.4) is 0 Å². The van der Waals surface area contributed by atoms with Crippen molar-refractivity contribution in [1.82, 2.24) is 31.9 Å². The third-order valence-corrected chi connectivity index (χ3v) is 6.50. The third-order valence-electron chi connectivity index (χ3n) is 6.50. The van der Waals surface area contributed by atoms with Crippen LogP contribution in [0.15, 0.2) is 60.7 Å². The molecule has 1 fully saturated rings. The summed E-state index contributed by atoms with van der Waals surface area (Å²) in [7, 11) is 0. The first-order valence-corrected chi connectivity index (χ1v) is 13.9. The van der Waals surface area contributed by atoms with E-state index in [1.165, 1.54) is 0 Å². The Morgan fingerprint density at radius 1 is 0.548 bits per heavy atom. The molecule has 224 valence electrons. The van der Waals surface area contributed by atoms with E-state index in [1.807, 2.05) is 26.0 Å². The Kier molecular flexibility index (Phi) is 12.0. The summed E-state index contributed by atoms with van der Waals surface area (Å²) in [6, 6.07) is 15.0. The number of amides is 6. The van der Waals surface area contributed by atoms with Crippen LogP contribution in [0.1, 0.15) is 31.4 Å². The second kappa shape index (κ2) is 15.9. The van der Waals surface area contributed by atoms with E-state index in [-0.39, 0.29) is 25.2 Å². The van der Waals surface area contributed by atoms with Gasteiger partial charge in [0.15, 0.2) is 0 Å². The predicted molar refractivity (Wildman–Crippen MR) is 155 cm³/mol. The lowest BCUT2D eigenvalue weighted by atomic mass is 10.0. The fraction of sp³-hybridized carbons (Fsp3) is 0.400. The number of hydrogen-bond acceptors (Lipinski definition) is 6. The second-order valence-corrected chi connectivity index (χ2v) is 10.5. The van der Waals surface area contributed by atoms with Gasteiger partial charge < -0.3 is 31.9 Å². The quantitative estimate of drug-likeness (QED) is 0.265. The standard InChI is InChI=1S/C30H38N6O6/c1-19(2)13-22-28(40)33-18-27(39)34-23(14-20-9-5-3-6-10-20)29(41)32-16-25(37)31-17-26(38)35-24(30(42)36-22)15-21-11-7-4-8-12-21/h3-12,19,22-24H,13-18H2,1-2H3,(H,31,37)(H,32,41)(H,33,40)(H,34,39)(H,35,38)(H,36,42)/t22-,23-,24-/m0/s1. The molecule has 1 aliphatic heterocycles. The molecule has 42 heavy (non-hydrogen) atoms. The van der Waals surface area contributed by atoms with Gasteiger partial charge in [-0.1, -0.05) is 74.5 Å². The summed E-state index contributed by atoms with van der Waals surface area (Å²) in [6.45, 7) is 2.46. The summed E-state index contributed by atoms with van der Waals surface area (Å²) >= 11 is 0. The second-order valence-electron chi connectivity index (χ2n) is 10.5. The number of rotatable bonds is 6. The van der Waals surface area contributed by atoms with Crippen LogP contribution in [0.4, 0.5) is 0 Å². The molecule has 12 heteroatoms. The van der Waals surface area contributed by atoms with Gasteiger partial charge >= 0.3 is 0 Å². The van der Waals surface area contributed by atoms with Crippen molar-refractivity contribution in [2.24, 2.45) is 5.92 Å². The summed E-state index contributed by atoms with van der Waals surface area (Å²) < 4.78 is 0. The van der Waals surface area contributed by atoms with Crippen LogP contribution in [0.2, 0.25) is 0 Å². The highest BCUT2D eigenvalue weighted by atomic mass is 16.2. The molecule has 1 heterocycles. The SMILES string of the molecule is CC(C)C[C@@H]1NC(=O)[C@H](Cc2ccccc2)NC(=O)CNC(=O)CNC(=O)[C@H](Cc2ccccc2)NC(=O)CNC1=O. The van der Waals surface area contributed by atoms with E-state index in [0.717, 1.165) is 11.1 Å². The molecule has 12 nitrogen and oxygen atoms in total. The highest BCUT2D eigenvalue weighted by molar-refractivity contribution is 5.96. The minimum Gasteiger partial charge on any atom is -0.346 e. The maximum atomic E-state index is 13.4. The molecule has 2 aromatic carbocycles. The number of benzene rings is 2. The highest BCUT2D eigenvalue weighted by Crippen LogP contribution is 2.09. The smallest absolute Gasteiger partial charge is 0.243 e. The van der Waals surface area contributed by atoms with E-state index in [0.29, 0.717) is 0 Å². The summed E-state index contributed by atoms with van der Waals surface area (Å²) in [5.41, 5.74) is 1.55. The van der Waals surface area contributed by atoms with Crippen molar-refractivity contribution in [1.29, 1.82) is 0 Å². The lowest BCUT2D eigenvalue weighted by Crippen LogP contribution is -2.57. The zero-order valence-electron chi connectivity index (χ0n) is 23.8. The van der Waals surface area contributed by atoms with Gasteiger partial charge in [0.05, 0.1) is 19.6 Å². The average Bonchev–Trinajstić information content (AvgIpc) is 2.97. The van der Waals surface area contributed by atoms with E-state index in [9.17, 15) is 28.8 Å². The molecule has 6 N–H and O–H groups in total. The van der Waals surface area contributed by atoms with Crippen LogP contribution < -0.4 is 31.9 Å². The van der Waals surface area contributed by atoms with Gasteiger partial charge in [0.1, 0.15) is 18.1 Å².